The van der Waals surface area contributed by atoms with Crippen LogP contribution in [0.4, 0.5) is 0 Å². The number of rotatable bonds is 1. The molecule has 0 aliphatic heterocycles. The van der Waals surface area contributed by atoms with E-state index in [4.69, 9.17) is 4.42 Å². The number of hydrogen-bond acceptors (Lipinski definition) is 2. The van der Waals surface area contributed by atoms with Gasteiger partial charge in [-0.2, -0.15) is 4.57 Å². The summed E-state index contributed by atoms with van der Waals surface area (Å²) in [6, 6.07) is 21.2. The molecule has 0 saturated carbocycles. The van der Waals surface area contributed by atoms with E-state index in [9.17, 15) is 0 Å². The van der Waals surface area contributed by atoms with Gasteiger partial charge in [-0.1, -0.05) is 47.7 Å². The van der Waals surface area contributed by atoms with Gasteiger partial charge < -0.3 is 4.42 Å². The van der Waals surface area contributed by atoms with Crippen LogP contribution in [0.1, 0.15) is 5.56 Å². The second kappa shape index (κ2) is 4.92. The smallest absolute Gasteiger partial charge is 0.270 e. The molecule has 0 radical (unpaired) electrons. The van der Waals surface area contributed by atoms with Gasteiger partial charge in [0.1, 0.15) is 22.9 Å². The molecule has 2 heterocycles. The fourth-order valence-corrected chi connectivity index (χ4v) is 4.66. The number of benzene rings is 3. The Morgan fingerprint density at radius 3 is 2.54 bits per heavy atom. The molecule has 0 saturated heterocycles. The van der Waals surface area contributed by atoms with Crippen LogP contribution >= 0.6 is 11.3 Å². The van der Waals surface area contributed by atoms with Gasteiger partial charge in [-0.3, -0.25) is 0 Å². The van der Waals surface area contributed by atoms with Crippen molar-refractivity contribution >= 4 is 43.5 Å². The lowest BCUT2D eigenvalue weighted by Crippen LogP contribution is -2.28. The number of para-hydroxylation sites is 1. The van der Waals surface area contributed by atoms with Crippen LogP contribution in [0, 0.1) is 6.92 Å². The summed E-state index contributed by atoms with van der Waals surface area (Å²) in [7, 11) is 2.15. The van der Waals surface area contributed by atoms with Crippen LogP contribution in [0.15, 0.2) is 65.1 Å². The van der Waals surface area contributed by atoms with E-state index in [1.54, 1.807) is 0 Å². The minimum absolute atomic E-state index is 0.951. The van der Waals surface area contributed by atoms with Gasteiger partial charge in [0.25, 0.3) is 5.01 Å². The van der Waals surface area contributed by atoms with Gasteiger partial charge in [0.2, 0.25) is 5.52 Å². The second-order valence-corrected chi connectivity index (χ2v) is 7.23. The fraction of sp³-hybridized carbons (Fsp3) is 0.0952. The number of aromatic nitrogens is 1. The van der Waals surface area contributed by atoms with Crippen molar-refractivity contribution in [3.8, 4) is 10.6 Å². The van der Waals surface area contributed by atoms with Crippen molar-refractivity contribution in [3.63, 3.8) is 0 Å². The highest BCUT2D eigenvalue weighted by Gasteiger charge is 2.22. The van der Waals surface area contributed by atoms with E-state index in [0.717, 1.165) is 11.2 Å². The molecule has 3 aromatic carbocycles. The van der Waals surface area contributed by atoms with Crippen LogP contribution in [-0.4, -0.2) is 0 Å². The van der Waals surface area contributed by atoms with Gasteiger partial charge in [-0.25, -0.2) is 0 Å². The van der Waals surface area contributed by atoms with E-state index in [1.807, 2.05) is 23.5 Å². The van der Waals surface area contributed by atoms with E-state index in [0.29, 0.717) is 0 Å². The molecule has 0 spiro atoms. The van der Waals surface area contributed by atoms with E-state index in [2.05, 4.69) is 67.1 Å². The highest BCUT2D eigenvalue weighted by atomic mass is 32.1. The highest BCUT2D eigenvalue weighted by Crippen LogP contribution is 2.36. The summed E-state index contributed by atoms with van der Waals surface area (Å²) in [5.74, 6) is 0. The number of fused-ring (bicyclic) bond motifs is 4. The van der Waals surface area contributed by atoms with Crippen LogP contribution in [0.2, 0.25) is 0 Å². The number of hydrogen-bond donors (Lipinski definition) is 0. The van der Waals surface area contributed by atoms with Gasteiger partial charge >= 0.3 is 0 Å². The predicted molar refractivity (Wildman–Crippen MR) is 100 cm³/mol. The number of aryl methyl sites for hydroxylation is 2. The molecule has 5 aromatic rings. The van der Waals surface area contributed by atoms with Crippen LogP contribution < -0.4 is 4.57 Å². The average molecular weight is 330 g/mol. The Kier molecular flexibility index (Phi) is 2.82. The van der Waals surface area contributed by atoms with Crippen molar-refractivity contribution in [1.82, 2.24) is 0 Å². The normalized spacial score (nSPS) is 11.8. The monoisotopic (exact) mass is 330 g/mol. The molecule has 116 valence electrons. The molecule has 0 N–H and O–H groups in total. The molecule has 2 nitrogen and oxygen atoms in total. The Morgan fingerprint density at radius 1 is 0.875 bits per heavy atom. The van der Waals surface area contributed by atoms with Gasteiger partial charge in [-0.15, -0.1) is 0 Å². The van der Waals surface area contributed by atoms with E-state index in [1.165, 1.54) is 37.1 Å². The number of thiazole rings is 1. The Morgan fingerprint density at radius 2 is 1.67 bits per heavy atom. The summed E-state index contributed by atoms with van der Waals surface area (Å²) in [5, 5.41) is 3.64. The SMILES string of the molecule is Cc1ccccc1-c1sc2cc3oc4ccccc4c3cc2[n+]1C. The standard InChI is InChI=1S/C21H16NOS/c1-13-7-3-4-8-14(13)21-22(2)17-11-16-15-9-5-6-10-18(15)23-19(16)12-20(17)24-21/h3-12H,1-2H3/q+1. The molecule has 0 bridgehead atoms. The van der Waals surface area contributed by atoms with Crippen LogP contribution in [0.3, 0.4) is 0 Å². The summed E-state index contributed by atoms with van der Waals surface area (Å²) in [6.07, 6.45) is 0. The first-order valence-electron chi connectivity index (χ1n) is 8.02. The quantitative estimate of drug-likeness (QED) is 0.366. The molecular formula is C21H16NOS+. The van der Waals surface area contributed by atoms with E-state index in [-0.39, 0.29) is 0 Å². The lowest BCUT2D eigenvalue weighted by atomic mass is 10.1. The maximum atomic E-state index is 6.04. The molecule has 0 amide bonds. The molecule has 24 heavy (non-hydrogen) atoms. The van der Waals surface area contributed by atoms with Crippen molar-refractivity contribution in [3.05, 3.63) is 66.2 Å². The Bertz CT molecular complexity index is 1230. The molecule has 3 heteroatoms. The summed E-state index contributed by atoms with van der Waals surface area (Å²) >= 11 is 1.82. The average Bonchev–Trinajstić information content (AvgIpc) is 3.11. The minimum Gasteiger partial charge on any atom is -0.456 e. The first-order valence-corrected chi connectivity index (χ1v) is 8.84. The highest BCUT2D eigenvalue weighted by molar-refractivity contribution is 7.21. The summed E-state index contributed by atoms with van der Waals surface area (Å²) in [5.41, 5.74) is 5.75. The largest absolute Gasteiger partial charge is 0.456 e. The van der Waals surface area contributed by atoms with E-state index >= 15 is 0 Å². The lowest BCUT2D eigenvalue weighted by Gasteiger charge is -1.98. The molecule has 0 fully saturated rings. The van der Waals surface area contributed by atoms with Gasteiger partial charge in [0.05, 0.1) is 5.56 Å². The van der Waals surface area contributed by atoms with Crippen molar-refractivity contribution < 1.29 is 8.98 Å². The molecule has 0 unspecified atom stereocenters. The van der Waals surface area contributed by atoms with Crippen molar-refractivity contribution in [2.45, 2.75) is 6.92 Å². The molecule has 2 aromatic heterocycles. The maximum absolute atomic E-state index is 6.04. The first kappa shape index (κ1) is 13.8. The Balaban J connectivity index is 1.86. The van der Waals surface area contributed by atoms with E-state index < -0.39 is 0 Å². The zero-order chi connectivity index (χ0) is 16.3. The topological polar surface area (TPSA) is 17.0 Å². The summed E-state index contributed by atoms with van der Waals surface area (Å²) < 4.78 is 9.58. The summed E-state index contributed by atoms with van der Waals surface area (Å²) in [4.78, 5) is 0. The number of nitrogens with zero attached hydrogens (tertiary/aromatic N) is 1. The lowest BCUT2D eigenvalue weighted by molar-refractivity contribution is -0.629. The molecular weight excluding hydrogens is 314 g/mol. The predicted octanol–water partition coefficient (Wildman–Crippen LogP) is 5.60. The van der Waals surface area contributed by atoms with Crippen LogP contribution in [-0.2, 0) is 7.05 Å². The molecule has 0 aliphatic rings. The van der Waals surface area contributed by atoms with Crippen molar-refractivity contribution in [1.29, 1.82) is 0 Å². The zero-order valence-corrected chi connectivity index (χ0v) is 14.4. The maximum Gasteiger partial charge on any atom is 0.270 e. The Labute approximate surface area is 143 Å². The first-order chi connectivity index (χ1) is 11.7. The van der Waals surface area contributed by atoms with Crippen molar-refractivity contribution in [2.75, 3.05) is 0 Å². The third-order valence-corrected chi connectivity index (χ3v) is 5.94. The Hall–Kier alpha value is -2.65. The van der Waals surface area contributed by atoms with Crippen LogP contribution in [0.5, 0.6) is 0 Å². The number of furan rings is 1. The summed E-state index contributed by atoms with van der Waals surface area (Å²) in [6.45, 7) is 2.17. The van der Waals surface area contributed by atoms with Crippen LogP contribution in [0.25, 0.3) is 42.7 Å². The molecule has 0 atom stereocenters. The second-order valence-electron chi connectivity index (χ2n) is 6.20. The third-order valence-electron chi connectivity index (χ3n) is 4.71. The molecule has 0 aliphatic carbocycles. The van der Waals surface area contributed by atoms with Gasteiger partial charge in [0.15, 0.2) is 0 Å². The zero-order valence-electron chi connectivity index (χ0n) is 13.5. The van der Waals surface area contributed by atoms with Gasteiger partial charge in [0, 0.05) is 22.9 Å². The fourth-order valence-electron chi connectivity index (χ4n) is 3.42. The third kappa shape index (κ3) is 1.85. The molecule has 5 rings (SSSR count). The minimum atomic E-state index is 0.951. The van der Waals surface area contributed by atoms with Crippen molar-refractivity contribution in [2.24, 2.45) is 7.05 Å². The van der Waals surface area contributed by atoms with Gasteiger partial charge in [-0.05, 0) is 24.6 Å².